The summed E-state index contributed by atoms with van der Waals surface area (Å²) in [6, 6.07) is 0. The highest BCUT2D eigenvalue weighted by atomic mass is 19.4. The molecule has 1 unspecified atom stereocenters. The Morgan fingerprint density at radius 1 is 1.00 bits per heavy atom. The Bertz CT molecular complexity index is 383. The second kappa shape index (κ2) is 3.46. The largest absolute Gasteiger partial charge is 0.444 e. The van der Waals surface area contributed by atoms with Gasteiger partial charge in [0, 0.05) is 6.42 Å². The molecule has 4 aliphatic carbocycles. The maximum Gasteiger partial charge on any atom is 0.444 e. The van der Waals surface area contributed by atoms with E-state index < -0.39 is 17.5 Å². The third-order valence-electron chi connectivity index (χ3n) is 5.98. The summed E-state index contributed by atoms with van der Waals surface area (Å²) in [6.07, 6.45) is 0.0904. The van der Waals surface area contributed by atoms with Crippen molar-refractivity contribution < 1.29 is 23.1 Å². The molecule has 1 saturated heterocycles. The van der Waals surface area contributed by atoms with E-state index in [1.54, 1.807) is 0 Å². The van der Waals surface area contributed by atoms with Gasteiger partial charge >= 0.3 is 6.18 Å². The summed E-state index contributed by atoms with van der Waals surface area (Å²) in [4.78, 5) is 4.67. The Balaban J connectivity index is 1.66. The fourth-order valence-electron chi connectivity index (χ4n) is 5.29. The number of alkyl halides is 3. The lowest BCUT2D eigenvalue weighted by atomic mass is 9.48. The zero-order valence-corrected chi connectivity index (χ0v) is 10.5. The van der Waals surface area contributed by atoms with Gasteiger partial charge in [-0.1, -0.05) is 0 Å². The van der Waals surface area contributed by atoms with Crippen LogP contribution < -0.4 is 5.48 Å². The van der Waals surface area contributed by atoms with Crippen molar-refractivity contribution in [2.24, 2.45) is 23.7 Å². The van der Waals surface area contributed by atoms with E-state index in [2.05, 4.69) is 10.3 Å². The number of hydroxylamine groups is 1. The van der Waals surface area contributed by atoms with Crippen LogP contribution >= 0.6 is 0 Å². The Hall–Kier alpha value is -0.330. The first kappa shape index (κ1) is 12.4. The minimum Gasteiger partial charge on any atom is -0.357 e. The fraction of sp³-hybridized carbons (Fsp3) is 1.00. The van der Waals surface area contributed by atoms with Crippen LogP contribution in [0.15, 0.2) is 0 Å². The number of nitrogens with one attached hydrogen (secondary N) is 1. The van der Waals surface area contributed by atoms with Crippen LogP contribution in [0.3, 0.4) is 0 Å². The normalized spacial score (nSPS) is 56.2. The lowest BCUT2D eigenvalue weighted by Gasteiger charge is -2.59. The molecule has 108 valence electrons. The van der Waals surface area contributed by atoms with E-state index in [0.717, 1.165) is 25.7 Å². The van der Waals surface area contributed by atoms with Crippen LogP contribution in [-0.4, -0.2) is 22.6 Å². The first-order chi connectivity index (χ1) is 8.82. The van der Waals surface area contributed by atoms with Gasteiger partial charge in [-0.15, -0.1) is 0 Å². The molecule has 4 bridgehead atoms. The molecule has 0 aromatic heterocycles. The van der Waals surface area contributed by atoms with E-state index in [4.69, 9.17) is 0 Å². The van der Waals surface area contributed by atoms with Gasteiger partial charge < -0.3 is 5.11 Å². The summed E-state index contributed by atoms with van der Waals surface area (Å²) in [5.74, 6) is -1.22. The van der Waals surface area contributed by atoms with E-state index in [1.165, 1.54) is 6.42 Å². The SMILES string of the molecule is OC1(C(F)(F)F)CC2(NO1)C1CC3CC(C1)CC2C3. The highest BCUT2D eigenvalue weighted by molar-refractivity contribution is 5.14. The van der Waals surface area contributed by atoms with Crippen LogP contribution in [0.1, 0.15) is 38.5 Å². The van der Waals surface area contributed by atoms with Crippen molar-refractivity contribution in [3.05, 3.63) is 0 Å². The van der Waals surface area contributed by atoms with Crippen molar-refractivity contribution in [2.45, 2.75) is 56.0 Å². The van der Waals surface area contributed by atoms with Crippen molar-refractivity contribution in [3.8, 4) is 0 Å². The second-order valence-electron chi connectivity index (χ2n) is 7.01. The number of hydrogen-bond donors (Lipinski definition) is 2. The van der Waals surface area contributed by atoms with E-state index >= 15 is 0 Å². The molecule has 1 atom stereocenters. The highest BCUT2D eigenvalue weighted by Gasteiger charge is 2.70. The minimum absolute atomic E-state index is 0.222. The summed E-state index contributed by atoms with van der Waals surface area (Å²) in [6.45, 7) is 0. The average Bonchev–Trinajstić information content (AvgIpc) is 2.66. The van der Waals surface area contributed by atoms with Crippen molar-refractivity contribution in [2.75, 3.05) is 0 Å². The average molecular weight is 277 g/mol. The van der Waals surface area contributed by atoms with Crippen LogP contribution in [0.5, 0.6) is 0 Å². The number of hydrogen-bond acceptors (Lipinski definition) is 3. The van der Waals surface area contributed by atoms with E-state index in [-0.39, 0.29) is 18.3 Å². The molecule has 0 radical (unpaired) electrons. The predicted molar refractivity (Wildman–Crippen MR) is 59.6 cm³/mol. The molecule has 1 heterocycles. The van der Waals surface area contributed by atoms with Gasteiger partial charge in [0.2, 0.25) is 0 Å². The first-order valence-corrected chi connectivity index (χ1v) is 7.07. The molecule has 4 saturated carbocycles. The highest BCUT2D eigenvalue weighted by Crippen LogP contribution is 2.62. The smallest absolute Gasteiger partial charge is 0.357 e. The standard InChI is InChI=1S/C13H18F3NO2/c14-13(15,16)12(18)6-11(17-19-12)9-2-7-1-8(4-9)5-10(11)3-7/h7-10,17-18H,1-6H2. The minimum atomic E-state index is -4.74. The maximum atomic E-state index is 12.9. The van der Waals surface area contributed by atoms with Crippen LogP contribution in [-0.2, 0) is 4.84 Å². The van der Waals surface area contributed by atoms with Gasteiger partial charge in [0.1, 0.15) is 0 Å². The van der Waals surface area contributed by atoms with Gasteiger partial charge in [0.05, 0.1) is 5.54 Å². The van der Waals surface area contributed by atoms with Crippen LogP contribution in [0.4, 0.5) is 13.2 Å². The van der Waals surface area contributed by atoms with Crippen molar-refractivity contribution in [3.63, 3.8) is 0 Å². The lowest BCUT2D eigenvalue weighted by Crippen LogP contribution is -2.62. The van der Waals surface area contributed by atoms with Gasteiger partial charge in [-0.2, -0.15) is 18.7 Å². The molecule has 0 aromatic rings. The molecule has 1 spiro atoms. The third kappa shape index (κ3) is 1.51. The van der Waals surface area contributed by atoms with Gasteiger partial charge in [0.25, 0.3) is 5.79 Å². The van der Waals surface area contributed by atoms with Gasteiger partial charge in [0.15, 0.2) is 0 Å². The molecule has 5 fully saturated rings. The Labute approximate surface area is 109 Å². The van der Waals surface area contributed by atoms with E-state index in [0.29, 0.717) is 11.8 Å². The Morgan fingerprint density at radius 2 is 1.53 bits per heavy atom. The molecule has 0 amide bonds. The summed E-state index contributed by atoms with van der Waals surface area (Å²) in [7, 11) is 0. The summed E-state index contributed by atoms with van der Waals surface area (Å²) >= 11 is 0. The summed E-state index contributed by atoms with van der Waals surface area (Å²) < 4.78 is 38.8. The Kier molecular flexibility index (Phi) is 2.26. The molecular formula is C13H18F3NO2. The zero-order valence-electron chi connectivity index (χ0n) is 10.5. The van der Waals surface area contributed by atoms with Crippen molar-refractivity contribution >= 4 is 0 Å². The number of rotatable bonds is 0. The molecule has 0 aromatic carbocycles. The predicted octanol–water partition coefficient (Wildman–Crippen LogP) is 2.36. The number of halogens is 3. The quantitative estimate of drug-likeness (QED) is 0.714. The van der Waals surface area contributed by atoms with Crippen molar-refractivity contribution in [1.29, 1.82) is 0 Å². The molecule has 6 heteroatoms. The monoisotopic (exact) mass is 277 g/mol. The van der Waals surface area contributed by atoms with E-state index in [1.807, 2.05) is 0 Å². The van der Waals surface area contributed by atoms with Crippen LogP contribution in [0, 0.1) is 23.7 Å². The summed E-state index contributed by atoms with van der Waals surface area (Å²) in [5, 5.41) is 9.77. The molecule has 1 aliphatic heterocycles. The van der Waals surface area contributed by atoms with Crippen LogP contribution in [0.25, 0.3) is 0 Å². The molecule has 19 heavy (non-hydrogen) atoms. The topological polar surface area (TPSA) is 41.5 Å². The first-order valence-electron chi connectivity index (χ1n) is 7.07. The van der Waals surface area contributed by atoms with Gasteiger partial charge in [-0.05, 0) is 55.8 Å². The fourth-order valence-corrected chi connectivity index (χ4v) is 5.29. The van der Waals surface area contributed by atoms with Crippen molar-refractivity contribution in [1.82, 2.24) is 5.48 Å². The molecule has 5 rings (SSSR count). The van der Waals surface area contributed by atoms with Gasteiger partial charge in [-0.3, -0.25) is 4.84 Å². The third-order valence-corrected chi connectivity index (χ3v) is 5.98. The molecule has 2 N–H and O–H groups in total. The lowest BCUT2D eigenvalue weighted by molar-refractivity contribution is -0.361. The number of aliphatic hydroxyl groups is 1. The Morgan fingerprint density at radius 3 is 1.95 bits per heavy atom. The molecule has 5 aliphatic rings. The van der Waals surface area contributed by atoms with Gasteiger partial charge in [-0.25, -0.2) is 0 Å². The summed E-state index contributed by atoms with van der Waals surface area (Å²) in [5.41, 5.74) is 1.99. The van der Waals surface area contributed by atoms with Crippen LogP contribution in [0.2, 0.25) is 0 Å². The second-order valence-corrected chi connectivity index (χ2v) is 7.01. The molecular weight excluding hydrogens is 259 g/mol. The molecule has 3 nitrogen and oxygen atoms in total. The zero-order chi connectivity index (χ0) is 13.5. The van der Waals surface area contributed by atoms with E-state index in [9.17, 15) is 18.3 Å². The maximum absolute atomic E-state index is 12.9.